The monoisotopic (exact) mass is 334 g/mol. The Hall–Kier alpha value is 0.0200. The summed E-state index contributed by atoms with van der Waals surface area (Å²) in [5.74, 6) is 0. The molecular formula is C14H17BrCl2. The lowest BCUT2D eigenvalue weighted by atomic mass is 10.1. The second-order valence-corrected chi connectivity index (χ2v) is 5.46. The second kappa shape index (κ2) is 8.18. The molecule has 1 aromatic carbocycles. The average Bonchev–Trinajstić information content (AvgIpc) is 2.31. The zero-order valence-electron chi connectivity index (χ0n) is 9.98. The van der Waals surface area contributed by atoms with Crippen LogP contribution in [0.4, 0.5) is 0 Å². The fourth-order valence-corrected chi connectivity index (χ4v) is 2.52. The van der Waals surface area contributed by atoms with Crippen molar-refractivity contribution in [2.45, 2.75) is 32.6 Å². The molecule has 0 fully saturated rings. The van der Waals surface area contributed by atoms with Crippen molar-refractivity contribution in [2.24, 2.45) is 0 Å². The van der Waals surface area contributed by atoms with Gasteiger partial charge in [0.1, 0.15) is 0 Å². The predicted octanol–water partition coefficient (Wildman–Crippen LogP) is 6.35. The smallest absolute Gasteiger partial charge is 0.0493 e. The van der Waals surface area contributed by atoms with Crippen LogP contribution in [0.1, 0.15) is 38.2 Å². The minimum absolute atomic E-state index is 0.679. The molecule has 0 aliphatic heterocycles. The van der Waals surface area contributed by atoms with Gasteiger partial charge in [0.25, 0.3) is 0 Å². The van der Waals surface area contributed by atoms with Crippen molar-refractivity contribution in [3.63, 3.8) is 0 Å². The normalized spacial score (nSPS) is 11.9. The summed E-state index contributed by atoms with van der Waals surface area (Å²) in [5, 5.41) is 2.29. The number of rotatable bonds is 6. The van der Waals surface area contributed by atoms with Crippen molar-refractivity contribution >= 4 is 45.2 Å². The van der Waals surface area contributed by atoms with Gasteiger partial charge in [-0.1, -0.05) is 76.6 Å². The summed E-state index contributed by atoms with van der Waals surface area (Å²) in [6.07, 6.45) is 7.04. The molecule has 1 rings (SSSR count). The molecule has 0 aliphatic carbocycles. The fourth-order valence-electron chi connectivity index (χ4n) is 1.62. The summed E-state index contributed by atoms with van der Waals surface area (Å²) >= 11 is 15.5. The molecular weight excluding hydrogens is 319 g/mol. The third kappa shape index (κ3) is 5.46. The number of hydrogen-bond donors (Lipinski definition) is 0. The first-order valence-corrected chi connectivity index (χ1v) is 7.75. The molecule has 0 N–H and O–H groups in total. The van der Waals surface area contributed by atoms with Crippen LogP contribution < -0.4 is 0 Å². The molecule has 17 heavy (non-hydrogen) atoms. The second-order valence-electron chi connectivity index (χ2n) is 4.06. The Labute approximate surface area is 122 Å². The molecule has 0 amide bonds. The quantitative estimate of drug-likeness (QED) is 0.419. The number of alkyl halides is 1. The van der Waals surface area contributed by atoms with Crippen LogP contribution in [0.3, 0.4) is 0 Å². The van der Waals surface area contributed by atoms with Crippen molar-refractivity contribution in [1.82, 2.24) is 0 Å². The largest absolute Gasteiger partial charge is 0.0880 e. The Balaban J connectivity index is 2.75. The van der Waals surface area contributed by atoms with Gasteiger partial charge in [-0.05, 0) is 30.5 Å². The molecule has 94 valence electrons. The SMILES string of the molecule is CCCCC/C(=C/c1ccc(Cl)cc1Cl)CBr. The number of allylic oxidation sites excluding steroid dienone is 1. The van der Waals surface area contributed by atoms with E-state index < -0.39 is 0 Å². The summed E-state index contributed by atoms with van der Waals surface area (Å²) in [6, 6.07) is 5.62. The predicted molar refractivity (Wildman–Crippen MR) is 82.4 cm³/mol. The minimum atomic E-state index is 0.679. The van der Waals surface area contributed by atoms with Gasteiger partial charge in [-0.25, -0.2) is 0 Å². The first-order chi connectivity index (χ1) is 8.17. The van der Waals surface area contributed by atoms with E-state index in [0.717, 1.165) is 17.3 Å². The van der Waals surface area contributed by atoms with Crippen molar-refractivity contribution in [3.8, 4) is 0 Å². The maximum absolute atomic E-state index is 6.15. The molecule has 0 atom stereocenters. The van der Waals surface area contributed by atoms with Gasteiger partial charge in [0.05, 0.1) is 0 Å². The van der Waals surface area contributed by atoms with E-state index in [1.54, 1.807) is 6.07 Å². The number of hydrogen-bond acceptors (Lipinski definition) is 0. The van der Waals surface area contributed by atoms with Crippen LogP contribution in [0.15, 0.2) is 23.8 Å². The van der Waals surface area contributed by atoms with Gasteiger partial charge >= 0.3 is 0 Å². The van der Waals surface area contributed by atoms with Crippen molar-refractivity contribution in [3.05, 3.63) is 39.4 Å². The number of benzene rings is 1. The Morgan fingerprint density at radius 3 is 2.65 bits per heavy atom. The van der Waals surface area contributed by atoms with Crippen molar-refractivity contribution in [1.29, 1.82) is 0 Å². The standard InChI is InChI=1S/C14H17BrCl2/c1-2-3-4-5-11(10-15)8-12-6-7-13(16)9-14(12)17/h6-9H,2-5,10H2,1H3/b11-8-. The van der Waals surface area contributed by atoms with E-state index in [-0.39, 0.29) is 0 Å². The summed E-state index contributed by atoms with van der Waals surface area (Å²) in [4.78, 5) is 0. The molecule has 0 spiro atoms. The van der Waals surface area contributed by atoms with Crippen LogP contribution in [0.2, 0.25) is 10.0 Å². The highest BCUT2D eigenvalue weighted by atomic mass is 79.9. The Bertz CT molecular complexity index is 386. The Morgan fingerprint density at radius 2 is 2.06 bits per heavy atom. The summed E-state index contributed by atoms with van der Waals surface area (Å²) in [5.41, 5.74) is 2.42. The van der Waals surface area contributed by atoms with E-state index in [1.807, 2.05) is 12.1 Å². The van der Waals surface area contributed by atoms with Gasteiger partial charge in [-0.2, -0.15) is 0 Å². The molecule has 0 aliphatic rings. The van der Waals surface area contributed by atoms with Gasteiger partial charge in [0.2, 0.25) is 0 Å². The maximum Gasteiger partial charge on any atom is 0.0493 e. The van der Waals surface area contributed by atoms with Crippen LogP contribution in [0.25, 0.3) is 6.08 Å². The van der Waals surface area contributed by atoms with E-state index in [4.69, 9.17) is 23.2 Å². The van der Waals surface area contributed by atoms with E-state index in [2.05, 4.69) is 28.9 Å². The lowest BCUT2D eigenvalue weighted by Crippen LogP contribution is -1.87. The highest BCUT2D eigenvalue weighted by Gasteiger charge is 2.01. The number of unbranched alkanes of at least 4 members (excludes halogenated alkanes) is 2. The van der Waals surface area contributed by atoms with Gasteiger partial charge < -0.3 is 0 Å². The number of halogens is 3. The van der Waals surface area contributed by atoms with Crippen LogP contribution in [-0.2, 0) is 0 Å². The highest BCUT2D eigenvalue weighted by Crippen LogP contribution is 2.24. The lowest BCUT2D eigenvalue weighted by Gasteiger charge is -2.05. The molecule has 0 nitrogen and oxygen atoms in total. The van der Waals surface area contributed by atoms with Crippen LogP contribution in [0, 0.1) is 0 Å². The van der Waals surface area contributed by atoms with E-state index in [0.29, 0.717) is 10.0 Å². The minimum Gasteiger partial charge on any atom is -0.0880 e. The van der Waals surface area contributed by atoms with Gasteiger partial charge in [-0.15, -0.1) is 0 Å². The summed E-state index contributed by atoms with van der Waals surface area (Å²) in [6.45, 7) is 2.22. The van der Waals surface area contributed by atoms with Crippen LogP contribution in [-0.4, -0.2) is 5.33 Å². The third-order valence-electron chi connectivity index (χ3n) is 2.60. The van der Waals surface area contributed by atoms with Crippen molar-refractivity contribution in [2.75, 3.05) is 5.33 Å². The van der Waals surface area contributed by atoms with E-state index in [1.165, 1.54) is 24.8 Å². The molecule has 0 heterocycles. The zero-order chi connectivity index (χ0) is 12.7. The molecule has 0 saturated carbocycles. The third-order valence-corrected chi connectivity index (χ3v) is 3.88. The average molecular weight is 336 g/mol. The first kappa shape index (κ1) is 15.1. The van der Waals surface area contributed by atoms with Gasteiger partial charge in [0, 0.05) is 15.4 Å². The van der Waals surface area contributed by atoms with Crippen molar-refractivity contribution < 1.29 is 0 Å². The fraction of sp³-hybridized carbons (Fsp3) is 0.429. The molecule has 0 radical (unpaired) electrons. The lowest BCUT2D eigenvalue weighted by molar-refractivity contribution is 0.716. The van der Waals surface area contributed by atoms with E-state index >= 15 is 0 Å². The highest BCUT2D eigenvalue weighted by molar-refractivity contribution is 9.09. The molecule has 1 aromatic rings. The molecule has 0 aromatic heterocycles. The maximum atomic E-state index is 6.15. The first-order valence-electron chi connectivity index (χ1n) is 5.87. The zero-order valence-corrected chi connectivity index (χ0v) is 13.1. The van der Waals surface area contributed by atoms with Crippen LogP contribution >= 0.6 is 39.1 Å². The molecule has 0 saturated heterocycles. The van der Waals surface area contributed by atoms with Gasteiger partial charge in [-0.3, -0.25) is 0 Å². The van der Waals surface area contributed by atoms with E-state index in [9.17, 15) is 0 Å². The molecule has 0 bridgehead atoms. The molecule has 0 unspecified atom stereocenters. The summed E-state index contributed by atoms with van der Waals surface area (Å²) < 4.78 is 0. The topological polar surface area (TPSA) is 0 Å². The van der Waals surface area contributed by atoms with Gasteiger partial charge in [0.15, 0.2) is 0 Å². The Morgan fingerprint density at radius 1 is 1.29 bits per heavy atom. The Kier molecular flexibility index (Phi) is 7.26. The van der Waals surface area contributed by atoms with Crippen LogP contribution in [0.5, 0.6) is 0 Å². The summed E-state index contributed by atoms with van der Waals surface area (Å²) in [7, 11) is 0. The molecule has 3 heteroatoms.